The minimum atomic E-state index is -0.530. The van der Waals surface area contributed by atoms with Crippen molar-refractivity contribution in [2.24, 2.45) is 5.92 Å². The van der Waals surface area contributed by atoms with Gasteiger partial charge in [-0.3, -0.25) is 4.79 Å². The second kappa shape index (κ2) is 10.5. The van der Waals surface area contributed by atoms with Crippen molar-refractivity contribution in [1.82, 2.24) is 10.2 Å². The summed E-state index contributed by atoms with van der Waals surface area (Å²) < 4.78 is 18.4. The van der Waals surface area contributed by atoms with Gasteiger partial charge in [0.15, 0.2) is 0 Å². The van der Waals surface area contributed by atoms with Crippen LogP contribution in [0.4, 0.5) is 14.9 Å². The van der Waals surface area contributed by atoms with Crippen LogP contribution in [0.1, 0.15) is 31.7 Å². The van der Waals surface area contributed by atoms with Gasteiger partial charge in [0.2, 0.25) is 5.91 Å². The van der Waals surface area contributed by atoms with E-state index < -0.39 is 5.82 Å². The third kappa shape index (κ3) is 6.22. The van der Waals surface area contributed by atoms with Crippen molar-refractivity contribution in [2.75, 3.05) is 38.2 Å². The Bertz CT molecular complexity index is 697. The molecule has 1 aromatic carbocycles. The molecule has 0 unspecified atom stereocenters. The third-order valence-electron chi connectivity index (χ3n) is 4.47. The summed E-state index contributed by atoms with van der Waals surface area (Å²) in [5, 5.41) is 14.6. The third-order valence-corrected chi connectivity index (χ3v) is 4.47. The van der Waals surface area contributed by atoms with Gasteiger partial charge < -0.3 is 20.3 Å². The Labute approximate surface area is 158 Å². The maximum absolute atomic E-state index is 13.2. The van der Waals surface area contributed by atoms with Gasteiger partial charge in [-0.25, -0.2) is 9.18 Å². The fourth-order valence-electron chi connectivity index (χ4n) is 2.93. The first-order valence-electron chi connectivity index (χ1n) is 9.16. The molecule has 2 rings (SSSR count). The highest BCUT2D eigenvalue weighted by Gasteiger charge is 2.27. The van der Waals surface area contributed by atoms with Crippen LogP contribution in [0.15, 0.2) is 18.2 Å². The SMILES string of the molecule is CCOCCCNC(=O)C1CCN(C(=O)Nc2ccc(F)cc2C#N)CC1. The normalized spacial score (nSPS) is 14.5. The number of likely N-dealkylation sites (tertiary alicyclic amines) is 1. The highest BCUT2D eigenvalue weighted by Crippen LogP contribution is 2.20. The fourth-order valence-corrected chi connectivity index (χ4v) is 2.93. The second-order valence-corrected chi connectivity index (χ2v) is 6.33. The van der Waals surface area contributed by atoms with Crippen molar-refractivity contribution in [3.8, 4) is 6.07 Å². The second-order valence-electron chi connectivity index (χ2n) is 6.33. The number of piperidine rings is 1. The number of benzene rings is 1. The molecule has 0 saturated carbocycles. The van der Waals surface area contributed by atoms with E-state index in [1.165, 1.54) is 12.1 Å². The molecule has 8 heteroatoms. The summed E-state index contributed by atoms with van der Waals surface area (Å²) in [5.74, 6) is -0.629. The number of hydrogen-bond acceptors (Lipinski definition) is 4. The van der Waals surface area contributed by atoms with Crippen LogP contribution in [-0.4, -0.2) is 49.7 Å². The zero-order valence-electron chi connectivity index (χ0n) is 15.5. The quantitative estimate of drug-likeness (QED) is 0.715. The number of anilines is 1. The number of ether oxygens (including phenoxy) is 1. The van der Waals surface area contributed by atoms with Crippen LogP contribution in [0.3, 0.4) is 0 Å². The average molecular weight is 376 g/mol. The number of carbonyl (C=O) groups is 2. The van der Waals surface area contributed by atoms with E-state index in [1.54, 1.807) is 4.90 Å². The number of rotatable bonds is 7. The highest BCUT2D eigenvalue weighted by molar-refractivity contribution is 5.91. The largest absolute Gasteiger partial charge is 0.382 e. The Balaban J connectivity index is 1.77. The number of nitriles is 1. The van der Waals surface area contributed by atoms with Gasteiger partial charge in [0.05, 0.1) is 11.3 Å². The fraction of sp³-hybridized carbons (Fsp3) is 0.526. The topological polar surface area (TPSA) is 94.5 Å². The minimum Gasteiger partial charge on any atom is -0.382 e. The summed E-state index contributed by atoms with van der Waals surface area (Å²) in [7, 11) is 0. The molecule has 1 saturated heterocycles. The molecule has 146 valence electrons. The molecular formula is C19H25FN4O3. The zero-order valence-corrected chi connectivity index (χ0v) is 15.5. The van der Waals surface area contributed by atoms with Crippen molar-refractivity contribution in [3.05, 3.63) is 29.6 Å². The van der Waals surface area contributed by atoms with Gasteiger partial charge in [0, 0.05) is 38.8 Å². The molecule has 0 aliphatic carbocycles. The monoisotopic (exact) mass is 376 g/mol. The molecular weight excluding hydrogens is 351 g/mol. The number of carbonyl (C=O) groups excluding carboxylic acids is 2. The maximum atomic E-state index is 13.2. The van der Waals surface area contributed by atoms with Crippen LogP contribution in [0.2, 0.25) is 0 Å². The molecule has 27 heavy (non-hydrogen) atoms. The zero-order chi connectivity index (χ0) is 19.6. The molecule has 0 spiro atoms. The van der Waals surface area contributed by atoms with Gasteiger partial charge in [0.25, 0.3) is 0 Å². The lowest BCUT2D eigenvalue weighted by molar-refractivity contribution is -0.126. The maximum Gasteiger partial charge on any atom is 0.321 e. The van der Waals surface area contributed by atoms with E-state index in [0.717, 1.165) is 12.5 Å². The number of nitrogens with one attached hydrogen (secondary N) is 2. The number of halogens is 1. The van der Waals surface area contributed by atoms with E-state index >= 15 is 0 Å². The Kier molecular flexibility index (Phi) is 8.01. The molecule has 0 atom stereocenters. The van der Waals surface area contributed by atoms with Gasteiger partial charge >= 0.3 is 6.03 Å². The Morgan fingerprint density at radius 1 is 1.37 bits per heavy atom. The molecule has 3 amide bonds. The van der Waals surface area contributed by atoms with Crippen molar-refractivity contribution in [2.45, 2.75) is 26.2 Å². The molecule has 1 heterocycles. The molecule has 1 aromatic rings. The van der Waals surface area contributed by atoms with Gasteiger partial charge in [-0.2, -0.15) is 5.26 Å². The number of hydrogen-bond donors (Lipinski definition) is 2. The van der Waals surface area contributed by atoms with E-state index in [0.29, 0.717) is 45.7 Å². The minimum absolute atomic E-state index is 0.0110. The van der Waals surface area contributed by atoms with Crippen LogP contribution in [-0.2, 0) is 9.53 Å². The lowest BCUT2D eigenvalue weighted by Crippen LogP contribution is -2.44. The van der Waals surface area contributed by atoms with Crippen molar-refractivity contribution in [1.29, 1.82) is 5.26 Å². The van der Waals surface area contributed by atoms with Gasteiger partial charge in [-0.15, -0.1) is 0 Å². The molecule has 0 aromatic heterocycles. The van der Waals surface area contributed by atoms with Crippen molar-refractivity contribution >= 4 is 17.6 Å². The van der Waals surface area contributed by atoms with E-state index in [-0.39, 0.29) is 29.1 Å². The van der Waals surface area contributed by atoms with Crippen molar-refractivity contribution in [3.63, 3.8) is 0 Å². The van der Waals surface area contributed by atoms with Crippen molar-refractivity contribution < 1.29 is 18.7 Å². The van der Waals surface area contributed by atoms with Crippen LogP contribution in [0, 0.1) is 23.1 Å². The average Bonchev–Trinajstić information content (AvgIpc) is 2.69. The predicted octanol–water partition coefficient (Wildman–Crippen LogP) is 2.48. The molecule has 1 aliphatic rings. The highest BCUT2D eigenvalue weighted by atomic mass is 19.1. The Hall–Kier alpha value is -2.66. The first kappa shape index (κ1) is 20.6. The lowest BCUT2D eigenvalue weighted by Gasteiger charge is -2.31. The smallest absolute Gasteiger partial charge is 0.321 e. The first-order chi connectivity index (χ1) is 13.0. The lowest BCUT2D eigenvalue weighted by atomic mass is 9.96. The molecule has 1 aliphatic heterocycles. The van der Waals surface area contributed by atoms with E-state index in [2.05, 4.69) is 10.6 Å². The number of urea groups is 1. The van der Waals surface area contributed by atoms with Crippen LogP contribution in [0.25, 0.3) is 0 Å². The summed E-state index contributed by atoms with van der Waals surface area (Å²) in [6, 6.07) is 5.15. The van der Waals surface area contributed by atoms with Gasteiger partial charge in [-0.05, 0) is 44.4 Å². The van der Waals surface area contributed by atoms with Crippen LogP contribution >= 0.6 is 0 Å². The first-order valence-corrected chi connectivity index (χ1v) is 9.16. The summed E-state index contributed by atoms with van der Waals surface area (Å²) in [5.41, 5.74) is 0.350. The summed E-state index contributed by atoms with van der Waals surface area (Å²) in [6.45, 7) is 4.71. The van der Waals surface area contributed by atoms with Crippen LogP contribution < -0.4 is 10.6 Å². The van der Waals surface area contributed by atoms with Gasteiger partial charge in [0.1, 0.15) is 11.9 Å². The molecule has 0 bridgehead atoms. The molecule has 7 nitrogen and oxygen atoms in total. The summed E-state index contributed by atoms with van der Waals surface area (Å²) >= 11 is 0. The van der Waals surface area contributed by atoms with E-state index in [1.807, 2.05) is 13.0 Å². The Morgan fingerprint density at radius 2 is 2.11 bits per heavy atom. The van der Waals surface area contributed by atoms with Gasteiger partial charge in [-0.1, -0.05) is 0 Å². The summed E-state index contributed by atoms with van der Waals surface area (Å²) in [4.78, 5) is 26.1. The van der Waals surface area contributed by atoms with E-state index in [4.69, 9.17) is 10.00 Å². The standard InChI is InChI=1S/C19H25FN4O3/c1-2-27-11-3-8-22-18(25)14-6-9-24(10-7-14)19(26)23-17-5-4-16(20)12-15(17)13-21/h4-5,12,14H,2-3,6-11H2,1H3,(H,22,25)(H,23,26). The molecule has 1 fully saturated rings. The Morgan fingerprint density at radius 3 is 2.78 bits per heavy atom. The predicted molar refractivity (Wildman–Crippen MR) is 98.6 cm³/mol. The molecule has 2 N–H and O–H groups in total. The number of nitrogens with zero attached hydrogens (tertiary/aromatic N) is 2. The molecule has 0 radical (unpaired) electrons. The summed E-state index contributed by atoms with van der Waals surface area (Å²) in [6.07, 6.45) is 1.94. The van der Waals surface area contributed by atoms with Crippen LogP contribution in [0.5, 0.6) is 0 Å². The van der Waals surface area contributed by atoms with E-state index in [9.17, 15) is 14.0 Å². The number of amides is 3.